The van der Waals surface area contributed by atoms with Crippen molar-refractivity contribution in [1.82, 2.24) is 24.8 Å². The number of hydrogen-bond acceptors (Lipinski definition) is 6. The first-order valence-corrected chi connectivity index (χ1v) is 8.53. The van der Waals surface area contributed by atoms with Gasteiger partial charge in [-0.1, -0.05) is 6.07 Å². The molecule has 0 bridgehead atoms. The van der Waals surface area contributed by atoms with E-state index in [1.807, 2.05) is 24.1 Å². The van der Waals surface area contributed by atoms with E-state index in [1.165, 1.54) is 5.56 Å². The molecule has 0 aliphatic carbocycles. The fourth-order valence-electron chi connectivity index (χ4n) is 3.53. The molecule has 2 aliphatic rings. The molecule has 0 N–H and O–H groups in total. The highest BCUT2D eigenvalue weighted by atomic mass is 16.5. The van der Waals surface area contributed by atoms with Gasteiger partial charge in [0.25, 0.3) is 5.91 Å². The van der Waals surface area contributed by atoms with Crippen molar-refractivity contribution in [2.75, 3.05) is 26.2 Å². The summed E-state index contributed by atoms with van der Waals surface area (Å²) < 4.78 is 5.92. The van der Waals surface area contributed by atoms with Crippen molar-refractivity contribution in [1.29, 1.82) is 0 Å². The molecule has 7 heteroatoms. The number of morpholine rings is 1. The Labute approximate surface area is 146 Å². The van der Waals surface area contributed by atoms with Gasteiger partial charge < -0.3 is 9.64 Å². The molecule has 25 heavy (non-hydrogen) atoms. The first kappa shape index (κ1) is 16.1. The lowest BCUT2D eigenvalue weighted by Crippen LogP contribution is -2.50. The zero-order valence-electron chi connectivity index (χ0n) is 14.2. The van der Waals surface area contributed by atoms with Crippen molar-refractivity contribution in [2.45, 2.75) is 25.6 Å². The standard InChI is InChI=1S/C18H21N5O2/c1-13-20-8-15(9-21-13)18(24)23-11-16-17(12-23)25-6-5-22(16)10-14-3-2-4-19-7-14/h2-4,7-9,16-17H,5-6,10-12H2,1H3/t16-,17-/m0/s1. The minimum Gasteiger partial charge on any atom is -0.373 e. The summed E-state index contributed by atoms with van der Waals surface area (Å²) in [4.78, 5) is 29.4. The Balaban J connectivity index is 1.47. The molecule has 1 amide bonds. The van der Waals surface area contributed by atoms with Crippen molar-refractivity contribution in [3.63, 3.8) is 0 Å². The fourth-order valence-corrected chi connectivity index (χ4v) is 3.53. The van der Waals surface area contributed by atoms with Gasteiger partial charge in [-0.15, -0.1) is 0 Å². The number of ether oxygens (including phenoxy) is 1. The molecule has 4 heterocycles. The van der Waals surface area contributed by atoms with E-state index < -0.39 is 0 Å². The third-order valence-corrected chi connectivity index (χ3v) is 4.84. The molecule has 2 atom stereocenters. The first-order chi connectivity index (χ1) is 12.2. The maximum Gasteiger partial charge on any atom is 0.257 e. The van der Waals surface area contributed by atoms with Gasteiger partial charge in [0, 0.05) is 51.0 Å². The van der Waals surface area contributed by atoms with Crippen LogP contribution in [0.15, 0.2) is 36.9 Å². The van der Waals surface area contributed by atoms with E-state index in [1.54, 1.807) is 18.6 Å². The highest BCUT2D eigenvalue weighted by molar-refractivity contribution is 5.93. The third kappa shape index (κ3) is 3.38. The molecular formula is C18H21N5O2. The molecule has 0 unspecified atom stereocenters. The summed E-state index contributed by atoms with van der Waals surface area (Å²) in [5.41, 5.74) is 1.71. The number of amides is 1. The van der Waals surface area contributed by atoms with Crippen LogP contribution in [0.5, 0.6) is 0 Å². The molecule has 2 aromatic heterocycles. The number of aryl methyl sites for hydroxylation is 1. The molecule has 0 spiro atoms. The number of aromatic nitrogens is 3. The minimum atomic E-state index is -0.0284. The smallest absolute Gasteiger partial charge is 0.257 e. The number of rotatable bonds is 3. The average Bonchev–Trinajstić information content (AvgIpc) is 3.08. The first-order valence-electron chi connectivity index (χ1n) is 8.53. The van der Waals surface area contributed by atoms with Crippen molar-refractivity contribution in [2.24, 2.45) is 0 Å². The Hall–Kier alpha value is -2.38. The molecule has 2 aromatic rings. The van der Waals surface area contributed by atoms with Gasteiger partial charge in [0.05, 0.1) is 24.3 Å². The molecule has 130 valence electrons. The number of carbonyl (C=O) groups is 1. The second-order valence-corrected chi connectivity index (χ2v) is 6.54. The maximum absolute atomic E-state index is 12.7. The van der Waals surface area contributed by atoms with E-state index in [0.717, 1.165) is 13.1 Å². The lowest BCUT2D eigenvalue weighted by molar-refractivity contribution is -0.0503. The Morgan fingerprint density at radius 1 is 1.28 bits per heavy atom. The largest absolute Gasteiger partial charge is 0.373 e. The quantitative estimate of drug-likeness (QED) is 0.828. The van der Waals surface area contributed by atoms with Crippen LogP contribution in [0.2, 0.25) is 0 Å². The van der Waals surface area contributed by atoms with E-state index in [-0.39, 0.29) is 18.1 Å². The predicted octanol–water partition coefficient (Wildman–Crippen LogP) is 0.905. The highest BCUT2D eigenvalue weighted by Gasteiger charge is 2.41. The number of carbonyl (C=O) groups excluding carboxylic acids is 1. The number of fused-ring (bicyclic) bond motifs is 1. The molecule has 7 nitrogen and oxygen atoms in total. The summed E-state index contributed by atoms with van der Waals surface area (Å²) in [6, 6.07) is 4.25. The van der Waals surface area contributed by atoms with Gasteiger partial charge in [0.2, 0.25) is 0 Å². The number of hydrogen-bond donors (Lipinski definition) is 0. The van der Waals surface area contributed by atoms with Crippen LogP contribution in [0.25, 0.3) is 0 Å². The van der Waals surface area contributed by atoms with Crippen LogP contribution >= 0.6 is 0 Å². The number of nitrogens with zero attached hydrogens (tertiary/aromatic N) is 5. The van der Waals surface area contributed by atoms with E-state index in [4.69, 9.17) is 4.74 Å². The van der Waals surface area contributed by atoms with Gasteiger partial charge in [0.1, 0.15) is 5.82 Å². The lowest BCUT2D eigenvalue weighted by Gasteiger charge is -2.36. The molecular weight excluding hydrogens is 318 g/mol. The Kier molecular flexibility index (Phi) is 4.42. The van der Waals surface area contributed by atoms with Gasteiger partial charge in [-0.05, 0) is 18.6 Å². The summed E-state index contributed by atoms with van der Waals surface area (Å²) >= 11 is 0. The summed E-state index contributed by atoms with van der Waals surface area (Å²) in [5.74, 6) is 0.636. The van der Waals surface area contributed by atoms with Gasteiger partial charge >= 0.3 is 0 Å². The molecule has 0 radical (unpaired) electrons. The van der Waals surface area contributed by atoms with E-state index in [9.17, 15) is 4.79 Å². The lowest BCUT2D eigenvalue weighted by atomic mass is 10.1. The van der Waals surface area contributed by atoms with E-state index in [0.29, 0.717) is 31.1 Å². The number of pyridine rings is 1. The van der Waals surface area contributed by atoms with Crippen LogP contribution in [0.1, 0.15) is 21.7 Å². The van der Waals surface area contributed by atoms with Crippen LogP contribution in [-0.2, 0) is 11.3 Å². The summed E-state index contributed by atoms with van der Waals surface area (Å²) in [6.45, 7) is 5.47. The maximum atomic E-state index is 12.7. The molecule has 0 saturated carbocycles. The molecule has 2 saturated heterocycles. The van der Waals surface area contributed by atoms with Gasteiger partial charge in [0.15, 0.2) is 0 Å². The third-order valence-electron chi connectivity index (χ3n) is 4.84. The Morgan fingerprint density at radius 3 is 2.88 bits per heavy atom. The Bertz CT molecular complexity index is 737. The van der Waals surface area contributed by atoms with Crippen LogP contribution in [0.4, 0.5) is 0 Å². The topological polar surface area (TPSA) is 71.5 Å². The van der Waals surface area contributed by atoms with Crippen molar-refractivity contribution >= 4 is 5.91 Å². The zero-order chi connectivity index (χ0) is 17.2. The summed E-state index contributed by atoms with van der Waals surface area (Å²) in [7, 11) is 0. The van der Waals surface area contributed by atoms with E-state index in [2.05, 4.69) is 25.9 Å². The SMILES string of the molecule is Cc1ncc(C(=O)N2C[C@@H]3OCCN(Cc4cccnc4)[C@H]3C2)cn1. The molecule has 2 fully saturated rings. The van der Waals surface area contributed by atoms with Crippen LogP contribution < -0.4 is 0 Å². The summed E-state index contributed by atoms with van der Waals surface area (Å²) in [5, 5.41) is 0. The minimum absolute atomic E-state index is 0.0284. The molecule has 4 rings (SSSR count). The van der Waals surface area contributed by atoms with Gasteiger partial charge in [-0.25, -0.2) is 9.97 Å². The van der Waals surface area contributed by atoms with Crippen molar-refractivity contribution < 1.29 is 9.53 Å². The highest BCUT2D eigenvalue weighted by Crippen LogP contribution is 2.25. The van der Waals surface area contributed by atoms with Crippen molar-refractivity contribution in [3.8, 4) is 0 Å². The zero-order valence-corrected chi connectivity index (χ0v) is 14.2. The normalized spacial score (nSPS) is 23.5. The second kappa shape index (κ2) is 6.85. The summed E-state index contributed by atoms with van der Waals surface area (Å²) in [6.07, 6.45) is 6.93. The van der Waals surface area contributed by atoms with Crippen molar-refractivity contribution in [3.05, 3.63) is 53.9 Å². The van der Waals surface area contributed by atoms with Crippen LogP contribution in [0, 0.1) is 6.92 Å². The average molecular weight is 339 g/mol. The van der Waals surface area contributed by atoms with Gasteiger partial charge in [-0.2, -0.15) is 0 Å². The van der Waals surface area contributed by atoms with Crippen LogP contribution in [0.3, 0.4) is 0 Å². The van der Waals surface area contributed by atoms with Crippen LogP contribution in [-0.4, -0.2) is 69.0 Å². The predicted molar refractivity (Wildman–Crippen MR) is 90.8 cm³/mol. The van der Waals surface area contributed by atoms with Gasteiger partial charge in [-0.3, -0.25) is 14.7 Å². The fraction of sp³-hybridized carbons (Fsp3) is 0.444. The molecule has 0 aromatic carbocycles. The monoisotopic (exact) mass is 339 g/mol. The number of likely N-dealkylation sites (tertiary alicyclic amines) is 1. The Morgan fingerprint density at radius 2 is 2.12 bits per heavy atom. The second-order valence-electron chi connectivity index (χ2n) is 6.54. The van der Waals surface area contributed by atoms with E-state index >= 15 is 0 Å². The molecule has 2 aliphatic heterocycles.